The molecular weight excluding hydrogens is 414 g/mol. The number of nitro groups is 1. The molecular formula is C13H15CuN7O2S2. The van der Waals surface area contributed by atoms with E-state index < -0.39 is 4.92 Å². The van der Waals surface area contributed by atoms with E-state index >= 15 is 0 Å². The van der Waals surface area contributed by atoms with Crippen molar-refractivity contribution in [3.63, 3.8) is 0 Å². The SMILES string of the molecule is CNC([S-])=NN=C(C)C(=NN=C([S-])NC)c1ccc([N+](=O)[O-])cc1.[Cu+2]. The summed E-state index contributed by atoms with van der Waals surface area (Å²) in [5.74, 6) is 0. The fourth-order valence-corrected chi connectivity index (χ4v) is 1.52. The van der Waals surface area contributed by atoms with Gasteiger partial charge in [0.05, 0.1) is 10.6 Å². The van der Waals surface area contributed by atoms with Gasteiger partial charge in [-0.2, -0.15) is 15.3 Å². The Morgan fingerprint density at radius 1 is 1.00 bits per heavy atom. The van der Waals surface area contributed by atoms with Crippen LogP contribution in [-0.2, 0) is 42.3 Å². The molecule has 137 valence electrons. The molecule has 0 spiro atoms. The van der Waals surface area contributed by atoms with Crippen molar-refractivity contribution in [1.82, 2.24) is 10.6 Å². The molecule has 12 heteroatoms. The minimum absolute atomic E-state index is 0. The Labute approximate surface area is 166 Å². The van der Waals surface area contributed by atoms with Crippen LogP contribution in [0.25, 0.3) is 0 Å². The van der Waals surface area contributed by atoms with Gasteiger partial charge in [-0.25, -0.2) is 0 Å². The Balaban J connectivity index is 0.00000576. The molecule has 1 radical (unpaired) electrons. The van der Waals surface area contributed by atoms with E-state index in [9.17, 15) is 10.1 Å². The molecule has 1 aromatic rings. The van der Waals surface area contributed by atoms with Gasteiger partial charge in [0.1, 0.15) is 5.71 Å². The van der Waals surface area contributed by atoms with Crippen LogP contribution >= 0.6 is 0 Å². The molecule has 0 aliphatic rings. The second kappa shape index (κ2) is 11.4. The first kappa shape index (κ1) is 22.9. The van der Waals surface area contributed by atoms with Gasteiger partial charge >= 0.3 is 17.1 Å². The topological polar surface area (TPSA) is 117 Å². The fourth-order valence-electron chi connectivity index (χ4n) is 1.44. The molecule has 0 bridgehead atoms. The first-order valence-corrected chi connectivity index (χ1v) is 7.43. The van der Waals surface area contributed by atoms with Gasteiger partial charge in [0, 0.05) is 31.8 Å². The van der Waals surface area contributed by atoms with Crippen molar-refractivity contribution < 1.29 is 22.0 Å². The number of hydrogen-bond donors (Lipinski definition) is 2. The molecule has 0 fully saturated rings. The maximum atomic E-state index is 10.8. The van der Waals surface area contributed by atoms with E-state index in [-0.39, 0.29) is 33.1 Å². The van der Waals surface area contributed by atoms with E-state index in [1.54, 1.807) is 33.2 Å². The Kier molecular flexibility index (Phi) is 10.4. The number of rotatable bonds is 5. The second-order valence-corrected chi connectivity index (χ2v) is 5.02. The van der Waals surface area contributed by atoms with Gasteiger partial charge in [0.15, 0.2) is 0 Å². The van der Waals surface area contributed by atoms with E-state index in [2.05, 4.69) is 31.0 Å². The molecule has 0 unspecified atom stereocenters. The van der Waals surface area contributed by atoms with Crippen LogP contribution in [0.1, 0.15) is 12.5 Å². The number of nitro benzene ring substituents is 1. The Morgan fingerprint density at radius 2 is 1.48 bits per heavy atom. The zero-order chi connectivity index (χ0) is 18.1. The zero-order valence-corrected chi connectivity index (χ0v) is 16.1. The minimum Gasteiger partial charge on any atom is -0.741 e. The first-order valence-electron chi connectivity index (χ1n) is 6.61. The monoisotopic (exact) mass is 428 g/mol. The predicted octanol–water partition coefficient (Wildman–Crippen LogP) is 0.917. The Hall–Kier alpha value is -2.14. The number of nitrogens with one attached hydrogen (secondary N) is 2. The first-order chi connectivity index (χ1) is 11.4. The molecule has 0 saturated carbocycles. The van der Waals surface area contributed by atoms with Gasteiger partial charge < -0.3 is 35.9 Å². The van der Waals surface area contributed by atoms with Gasteiger partial charge in [-0.15, -0.1) is 5.10 Å². The molecule has 0 saturated heterocycles. The van der Waals surface area contributed by atoms with Gasteiger partial charge in [-0.05, 0) is 29.4 Å². The molecule has 1 rings (SSSR count). The van der Waals surface area contributed by atoms with Crippen LogP contribution in [0.5, 0.6) is 0 Å². The van der Waals surface area contributed by atoms with Crippen molar-refractivity contribution in [3.8, 4) is 0 Å². The van der Waals surface area contributed by atoms with Gasteiger partial charge in [0.25, 0.3) is 5.69 Å². The normalized spacial score (nSPS) is 13.1. The van der Waals surface area contributed by atoms with Crippen molar-refractivity contribution in [3.05, 3.63) is 39.9 Å². The molecule has 1 aromatic carbocycles. The number of hydrogen-bond acceptors (Lipinski definition) is 8. The van der Waals surface area contributed by atoms with Crippen LogP contribution in [0.15, 0.2) is 44.7 Å². The third kappa shape index (κ3) is 7.52. The van der Waals surface area contributed by atoms with Gasteiger partial charge in [0.2, 0.25) is 0 Å². The molecule has 2 N–H and O–H groups in total. The van der Waals surface area contributed by atoms with Crippen molar-refractivity contribution in [2.24, 2.45) is 20.4 Å². The van der Waals surface area contributed by atoms with Crippen LogP contribution in [0.3, 0.4) is 0 Å². The number of non-ortho nitro benzene ring substituents is 1. The Bertz CT molecular complexity index is 718. The number of benzene rings is 1. The van der Waals surface area contributed by atoms with Crippen molar-refractivity contribution >= 4 is 52.7 Å². The van der Waals surface area contributed by atoms with Crippen molar-refractivity contribution in [2.75, 3.05) is 14.1 Å². The molecule has 0 heterocycles. The average Bonchev–Trinajstić information content (AvgIpc) is 2.59. The van der Waals surface area contributed by atoms with Crippen LogP contribution in [0, 0.1) is 10.1 Å². The summed E-state index contributed by atoms with van der Waals surface area (Å²) in [6.45, 7) is 1.67. The van der Waals surface area contributed by atoms with E-state index in [0.29, 0.717) is 17.0 Å². The van der Waals surface area contributed by atoms with Crippen LogP contribution < -0.4 is 10.6 Å². The minimum atomic E-state index is -0.483. The molecule has 0 aliphatic heterocycles. The van der Waals surface area contributed by atoms with Crippen LogP contribution in [0.4, 0.5) is 5.69 Å². The molecule has 0 amide bonds. The van der Waals surface area contributed by atoms with Crippen LogP contribution in [-0.4, -0.2) is 40.8 Å². The third-order valence-corrected chi connectivity index (χ3v) is 3.23. The van der Waals surface area contributed by atoms with Gasteiger partial charge in [-0.3, -0.25) is 10.1 Å². The third-order valence-electron chi connectivity index (χ3n) is 2.65. The summed E-state index contributed by atoms with van der Waals surface area (Å²) in [4.78, 5) is 10.3. The van der Waals surface area contributed by atoms with Gasteiger partial charge in [-0.1, -0.05) is 0 Å². The molecule has 0 aliphatic carbocycles. The van der Waals surface area contributed by atoms with Crippen molar-refractivity contribution in [1.29, 1.82) is 0 Å². The number of nitrogens with zero attached hydrogens (tertiary/aromatic N) is 5. The largest absolute Gasteiger partial charge is 2.00 e. The molecule has 9 nitrogen and oxygen atoms in total. The summed E-state index contributed by atoms with van der Waals surface area (Å²) in [5, 5.41) is 32.2. The summed E-state index contributed by atoms with van der Waals surface area (Å²) in [7, 11) is 3.25. The van der Waals surface area contributed by atoms with Crippen LogP contribution in [0.2, 0.25) is 0 Å². The quantitative estimate of drug-likeness (QED) is 0.180. The summed E-state index contributed by atoms with van der Waals surface area (Å²) in [5.41, 5.74) is 1.33. The van der Waals surface area contributed by atoms with E-state index in [0.717, 1.165) is 0 Å². The maximum absolute atomic E-state index is 10.8. The second-order valence-electron chi connectivity index (χ2n) is 4.25. The van der Waals surface area contributed by atoms with Crippen molar-refractivity contribution in [2.45, 2.75) is 6.92 Å². The fraction of sp³-hybridized carbons (Fsp3) is 0.231. The summed E-state index contributed by atoms with van der Waals surface area (Å²) >= 11 is 9.82. The van der Waals surface area contributed by atoms with E-state index in [4.69, 9.17) is 25.3 Å². The Morgan fingerprint density at radius 3 is 1.92 bits per heavy atom. The standard InChI is InChI=1S/C13H17N7O2S2.Cu/c1-8(16-18-12(23)14-2)11(17-19-13(24)15-3)9-4-6-10(7-5-9)20(21)22;/h4-7H,1-3H3,(H2,14,18,23)(H2,15,19,24);/q;+2/p-2. The van der Waals surface area contributed by atoms with E-state index in [1.165, 1.54) is 12.1 Å². The number of amidine groups is 2. The van der Waals surface area contributed by atoms with E-state index in [1.807, 2.05) is 0 Å². The maximum Gasteiger partial charge on any atom is 2.00 e. The molecule has 0 atom stereocenters. The average molecular weight is 429 g/mol. The zero-order valence-electron chi connectivity index (χ0n) is 13.5. The summed E-state index contributed by atoms with van der Waals surface area (Å²) < 4.78 is 0. The predicted molar refractivity (Wildman–Crippen MR) is 100 cm³/mol. The molecule has 25 heavy (non-hydrogen) atoms. The smallest absolute Gasteiger partial charge is 0.741 e. The summed E-state index contributed by atoms with van der Waals surface area (Å²) in [6.07, 6.45) is 0. The summed E-state index contributed by atoms with van der Waals surface area (Å²) in [6, 6.07) is 5.82. The molecule has 0 aromatic heterocycles.